The summed E-state index contributed by atoms with van der Waals surface area (Å²) in [5, 5.41) is 13.7. The van der Waals surface area contributed by atoms with Crippen molar-refractivity contribution in [2.75, 3.05) is 13.1 Å². The van der Waals surface area contributed by atoms with Gasteiger partial charge < -0.3 is 10.0 Å². The number of likely N-dealkylation sites (tertiary alicyclic amines) is 1. The second-order valence-electron chi connectivity index (χ2n) is 7.78. The number of rotatable bonds is 4. The Hall–Kier alpha value is -1.85. The second-order valence-corrected chi connectivity index (χ2v) is 7.78. The lowest BCUT2D eigenvalue weighted by Crippen LogP contribution is -2.45. The third kappa shape index (κ3) is 4.61. The van der Waals surface area contributed by atoms with E-state index < -0.39 is 11.9 Å². The van der Waals surface area contributed by atoms with Crippen LogP contribution in [0.5, 0.6) is 0 Å². The Labute approximate surface area is 149 Å². The molecule has 6 heteroatoms. The summed E-state index contributed by atoms with van der Waals surface area (Å²) in [6.07, 6.45) is 12.1. The number of carboxylic acids is 1. The van der Waals surface area contributed by atoms with Crippen LogP contribution in [0.15, 0.2) is 12.4 Å². The first-order valence-electron chi connectivity index (χ1n) is 9.52. The van der Waals surface area contributed by atoms with Crippen LogP contribution in [0.3, 0.4) is 0 Å². The van der Waals surface area contributed by atoms with E-state index in [1.54, 1.807) is 15.8 Å². The number of carbonyl (C=O) groups is 2. The summed E-state index contributed by atoms with van der Waals surface area (Å²) in [6.45, 7) is 0.957. The van der Waals surface area contributed by atoms with Crippen molar-refractivity contribution in [2.45, 2.75) is 57.3 Å². The van der Waals surface area contributed by atoms with E-state index in [0.29, 0.717) is 31.8 Å². The molecular formula is C19H29N3O3. The van der Waals surface area contributed by atoms with E-state index >= 15 is 0 Å². The molecule has 2 heterocycles. The molecule has 2 fully saturated rings. The van der Waals surface area contributed by atoms with Crippen LogP contribution in [0.25, 0.3) is 0 Å². The molecule has 1 aliphatic carbocycles. The molecule has 1 aromatic heterocycles. The summed E-state index contributed by atoms with van der Waals surface area (Å²) in [7, 11) is 1.86. The summed E-state index contributed by atoms with van der Waals surface area (Å²) in [5.41, 5.74) is 1.03. The smallest absolute Gasteiger partial charge is 0.308 e. The zero-order valence-corrected chi connectivity index (χ0v) is 15.1. The number of carboxylic acid groups (broad SMARTS) is 1. The number of hydrogen-bond acceptors (Lipinski definition) is 3. The number of amides is 1. The number of hydrogen-bond donors (Lipinski definition) is 1. The fraction of sp³-hybridized carbons (Fsp3) is 0.737. The quantitative estimate of drug-likeness (QED) is 0.850. The van der Waals surface area contributed by atoms with Gasteiger partial charge in [0.05, 0.1) is 12.1 Å². The normalized spacial score (nSPS) is 25.6. The number of aryl methyl sites for hydroxylation is 1. The van der Waals surface area contributed by atoms with E-state index in [1.165, 1.54) is 25.7 Å². The molecule has 2 aliphatic rings. The fourth-order valence-electron chi connectivity index (χ4n) is 4.32. The van der Waals surface area contributed by atoms with E-state index in [0.717, 1.165) is 18.4 Å². The molecule has 6 nitrogen and oxygen atoms in total. The molecule has 0 spiro atoms. The van der Waals surface area contributed by atoms with Crippen molar-refractivity contribution in [1.82, 2.24) is 14.7 Å². The first kappa shape index (κ1) is 18.0. The molecular weight excluding hydrogens is 318 g/mol. The van der Waals surface area contributed by atoms with E-state index in [1.807, 2.05) is 13.2 Å². The number of aromatic nitrogens is 2. The molecule has 1 saturated heterocycles. The minimum absolute atomic E-state index is 0.0571. The van der Waals surface area contributed by atoms with Gasteiger partial charge in [-0.3, -0.25) is 14.3 Å². The van der Waals surface area contributed by atoms with Crippen LogP contribution in [0.4, 0.5) is 0 Å². The van der Waals surface area contributed by atoms with Crippen molar-refractivity contribution in [3.05, 3.63) is 18.0 Å². The SMILES string of the molecule is Cn1cc(C2CC(C(=O)O)CN(C(=O)CC3CCCCCC3)C2)cn1. The summed E-state index contributed by atoms with van der Waals surface area (Å²) in [4.78, 5) is 26.2. The molecule has 25 heavy (non-hydrogen) atoms. The highest BCUT2D eigenvalue weighted by atomic mass is 16.4. The van der Waals surface area contributed by atoms with Crippen molar-refractivity contribution in [2.24, 2.45) is 18.9 Å². The van der Waals surface area contributed by atoms with Gasteiger partial charge in [-0.25, -0.2) is 0 Å². The maximum Gasteiger partial charge on any atom is 0.308 e. The van der Waals surface area contributed by atoms with Crippen LogP contribution in [-0.4, -0.2) is 44.8 Å². The largest absolute Gasteiger partial charge is 0.481 e. The average Bonchev–Trinajstić information content (AvgIpc) is 2.87. The average molecular weight is 347 g/mol. The maximum absolute atomic E-state index is 12.8. The Morgan fingerprint density at radius 1 is 1.20 bits per heavy atom. The fourth-order valence-corrected chi connectivity index (χ4v) is 4.32. The molecule has 0 bridgehead atoms. The molecule has 3 rings (SSSR count). The molecule has 2 atom stereocenters. The Bertz CT molecular complexity index is 605. The van der Waals surface area contributed by atoms with Crippen molar-refractivity contribution < 1.29 is 14.7 Å². The van der Waals surface area contributed by atoms with E-state index in [4.69, 9.17) is 0 Å². The Morgan fingerprint density at radius 3 is 2.52 bits per heavy atom. The minimum Gasteiger partial charge on any atom is -0.481 e. The lowest BCUT2D eigenvalue weighted by molar-refractivity contribution is -0.146. The van der Waals surface area contributed by atoms with Crippen LogP contribution < -0.4 is 0 Å². The monoisotopic (exact) mass is 347 g/mol. The zero-order chi connectivity index (χ0) is 17.8. The number of nitrogens with zero attached hydrogens (tertiary/aromatic N) is 3. The first-order valence-corrected chi connectivity index (χ1v) is 9.52. The van der Waals surface area contributed by atoms with Gasteiger partial charge in [-0.05, 0) is 30.7 Å². The predicted molar refractivity (Wildman–Crippen MR) is 94.1 cm³/mol. The summed E-state index contributed by atoms with van der Waals surface area (Å²) < 4.78 is 1.73. The van der Waals surface area contributed by atoms with Crippen LogP contribution >= 0.6 is 0 Å². The Morgan fingerprint density at radius 2 is 1.92 bits per heavy atom. The third-order valence-corrected chi connectivity index (χ3v) is 5.79. The van der Waals surface area contributed by atoms with Gasteiger partial charge >= 0.3 is 5.97 Å². The van der Waals surface area contributed by atoms with Crippen molar-refractivity contribution in [1.29, 1.82) is 0 Å². The van der Waals surface area contributed by atoms with Gasteiger partial charge in [0.25, 0.3) is 0 Å². The second kappa shape index (κ2) is 8.02. The van der Waals surface area contributed by atoms with Crippen molar-refractivity contribution in [3.63, 3.8) is 0 Å². The molecule has 1 aromatic rings. The molecule has 138 valence electrons. The number of carbonyl (C=O) groups excluding carboxylic acids is 1. The van der Waals surface area contributed by atoms with Crippen LogP contribution in [0.2, 0.25) is 0 Å². The standard InChI is InChI=1S/C19H29N3O3/c1-21-11-17(10-20-21)15-9-16(19(24)25)13-22(12-15)18(23)8-14-6-4-2-3-5-7-14/h10-11,14-16H,2-9,12-13H2,1H3,(H,24,25). The summed E-state index contributed by atoms with van der Waals surface area (Å²) in [6, 6.07) is 0. The van der Waals surface area contributed by atoms with Gasteiger partial charge in [0.2, 0.25) is 5.91 Å². The molecule has 0 aromatic carbocycles. The van der Waals surface area contributed by atoms with Crippen LogP contribution in [0.1, 0.15) is 62.8 Å². The predicted octanol–water partition coefficient (Wildman–Crippen LogP) is 2.80. The van der Waals surface area contributed by atoms with Gasteiger partial charge in [0.1, 0.15) is 0 Å². The zero-order valence-electron chi connectivity index (χ0n) is 15.1. The maximum atomic E-state index is 12.8. The summed E-state index contributed by atoms with van der Waals surface area (Å²) >= 11 is 0. The van der Waals surface area contributed by atoms with Crippen LogP contribution in [-0.2, 0) is 16.6 Å². The molecule has 1 saturated carbocycles. The van der Waals surface area contributed by atoms with E-state index in [9.17, 15) is 14.7 Å². The number of aliphatic carboxylic acids is 1. The lowest BCUT2D eigenvalue weighted by atomic mass is 9.85. The Balaban J connectivity index is 1.67. The van der Waals surface area contributed by atoms with Gasteiger partial charge in [-0.15, -0.1) is 0 Å². The first-order chi connectivity index (χ1) is 12.0. The van der Waals surface area contributed by atoms with Gasteiger partial charge in [-0.2, -0.15) is 5.10 Å². The van der Waals surface area contributed by atoms with Crippen LogP contribution in [0, 0.1) is 11.8 Å². The lowest BCUT2D eigenvalue weighted by Gasteiger charge is -2.36. The topological polar surface area (TPSA) is 75.4 Å². The van der Waals surface area contributed by atoms with E-state index in [2.05, 4.69) is 5.10 Å². The van der Waals surface area contributed by atoms with Crippen molar-refractivity contribution >= 4 is 11.9 Å². The van der Waals surface area contributed by atoms with Gasteiger partial charge in [0.15, 0.2) is 0 Å². The molecule has 1 N–H and O–H groups in total. The molecule has 1 amide bonds. The highest BCUT2D eigenvalue weighted by Gasteiger charge is 2.35. The summed E-state index contributed by atoms with van der Waals surface area (Å²) in [5.74, 6) is -0.636. The number of piperidine rings is 1. The van der Waals surface area contributed by atoms with Crippen molar-refractivity contribution in [3.8, 4) is 0 Å². The highest BCUT2D eigenvalue weighted by molar-refractivity contribution is 5.78. The van der Waals surface area contributed by atoms with Gasteiger partial charge in [0, 0.05) is 38.7 Å². The molecule has 1 aliphatic heterocycles. The van der Waals surface area contributed by atoms with Gasteiger partial charge in [-0.1, -0.05) is 25.7 Å². The van der Waals surface area contributed by atoms with E-state index in [-0.39, 0.29) is 11.8 Å². The third-order valence-electron chi connectivity index (χ3n) is 5.79. The molecule has 2 unspecified atom stereocenters. The minimum atomic E-state index is -0.805. The Kier molecular flexibility index (Phi) is 5.76. The highest BCUT2D eigenvalue weighted by Crippen LogP contribution is 2.32. The molecule has 0 radical (unpaired) electrons.